The average molecular weight is 465 g/mol. The fourth-order valence-electron chi connectivity index (χ4n) is 4.62. The lowest BCUT2D eigenvalue weighted by Gasteiger charge is -2.35. The van der Waals surface area contributed by atoms with Gasteiger partial charge in [0.2, 0.25) is 11.8 Å². The molecule has 4 rings (SSSR count). The quantitative estimate of drug-likeness (QED) is 0.528. The second-order valence-electron chi connectivity index (χ2n) is 9.30. The third kappa shape index (κ3) is 5.41. The third-order valence-corrected chi connectivity index (χ3v) is 7.32. The largest absolute Gasteiger partial charge is 0.341 e. The van der Waals surface area contributed by atoms with Crippen molar-refractivity contribution in [1.82, 2.24) is 14.5 Å². The summed E-state index contributed by atoms with van der Waals surface area (Å²) in [5.41, 5.74) is 4.79. The van der Waals surface area contributed by atoms with E-state index in [-0.39, 0.29) is 24.1 Å². The van der Waals surface area contributed by atoms with Crippen LogP contribution in [0.5, 0.6) is 0 Å². The van der Waals surface area contributed by atoms with Crippen LogP contribution in [-0.4, -0.2) is 45.1 Å². The number of nitrogens with one attached hydrogen (secondary N) is 1. The van der Waals surface area contributed by atoms with E-state index >= 15 is 0 Å². The van der Waals surface area contributed by atoms with Gasteiger partial charge in [-0.3, -0.25) is 9.59 Å². The van der Waals surface area contributed by atoms with Crippen LogP contribution in [0.25, 0.3) is 11.0 Å². The minimum Gasteiger partial charge on any atom is -0.341 e. The number of piperidine rings is 1. The molecule has 1 aliphatic rings. The first-order valence-corrected chi connectivity index (χ1v) is 12.5. The van der Waals surface area contributed by atoms with Gasteiger partial charge in [-0.25, -0.2) is 4.98 Å². The summed E-state index contributed by atoms with van der Waals surface area (Å²) in [6, 6.07) is 13.7. The molecule has 1 aromatic heterocycles. The summed E-state index contributed by atoms with van der Waals surface area (Å²) in [5.74, 6) is 1.28. The molecule has 0 spiro atoms. The summed E-state index contributed by atoms with van der Waals surface area (Å²) in [7, 11) is 0. The molecule has 1 N–H and O–H groups in total. The number of hydrogen-bond donors (Lipinski definition) is 1. The first-order chi connectivity index (χ1) is 15.8. The summed E-state index contributed by atoms with van der Waals surface area (Å²) in [6.45, 7) is 10.3. The van der Waals surface area contributed by atoms with Crippen molar-refractivity contribution in [2.45, 2.75) is 45.8 Å². The Hall–Kier alpha value is -2.80. The van der Waals surface area contributed by atoms with Gasteiger partial charge < -0.3 is 14.8 Å². The predicted molar refractivity (Wildman–Crippen MR) is 135 cm³/mol. The van der Waals surface area contributed by atoms with Crippen LogP contribution in [0, 0.1) is 25.7 Å². The fraction of sp³-hybridized carbons (Fsp3) is 0.423. The van der Waals surface area contributed by atoms with Crippen molar-refractivity contribution in [2.75, 3.05) is 24.2 Å². The number of rotatable bonds is 6. The maximum Gasteiger partial charge on any atom is 0.242 e. The van der Waals surface area contributed by atoms with Gasteiger partial charge in [0.15, 0.2) is 5.16 Å². The Morgan fingerprint density at radius 2 is 1.79 bits per heavy atom. The molecule has 1 fully saturated rings. The van der Waals surface area contributed by atoms with Gasteiger partial charge in [-0.05, 0) is 61.4 Å². The topological polar surface area (TPSA) is 67.2 Å². The zero-order chi connectivity index (χ0) is 23.5. The number of amides is 2. The van der Waals surface area contributed by atoms with Crippen molar-refractivity contribution < 1.29 is 9.59 Å². The summed E-state index contributed by atoms with van der Waals surface area (Å²) in [4.78, 5) is 32.6. The number of aryl methyl sites for hydroxylation is 1. The van der Waals surface area contributed by atoms with Crippen LogP contribution in [0.15, 0.2) is 47.6 Å². The molecule has 0 aliphatic carbocycles. The van der Waals surface area contributed by atoms with Crippen molar-refractivity contribution in [3.63, 3.8) is 0 Å². The number of carbonyl (C=O) groups excluding carboxylic acids is 2. The SMILES string of the molecule is Cc1cccc(NC(=O)CSc2nc3ccccc3n2CC(=O)N2C[C@@H](C)C[C@H](C)C2)c1C. The second-order valence-corrected chi connectivity index (χ2v) is 10.2. The third-order valence-electron chi connectivity index (χ3n) is 6.35. The monoisotopic (exact) mass is 464 g/mol. The lowest BCUT2D eigenvalue weighted by atomic mass is 9.92. The van der Waals surface area contributed by atoms with Gasteiger partial charge in [-0.1, -0.05) is 49.9 Å². The van der Waals surface area contributed by atoms with Crippen LogP contribution in [-0.2, 0) is 16.1 Å². The molecule has 0 bridgehead atoms. The molecule has 0 radical (unpaired) electrons. The van der Waals surface area contributed by atoms with Crippen LogP contribution in [0.2, 0.25) is 0 Å². The number of likely N-dealkylation sites (tertiary alicyclic amines) is 1. The van der Waals surface area contributed by atoms with Crippen molar-refractivity contribution in [3.05, 3.63) is 53.6 Å². The molecule has 2 heterocycles. The van der Waals surface area contributed by atoms with Gasteiger partial charge >= 0.3 is 0 Å². The number of carbonyl (C=O) groups is 2. The van der Waals surface area contributed by atoms with Crippen molar-refractivity contribution >= 4 is 40.3 Å². The van der Waals surface area contributed by atoms with E-state index in [4.69, 9.17) is 4.98 Å². The van der Waals surface area contributed by atoms with Crippen LogP contribution >= 0.6 is 11.8 Å². The highest BCUT2D eigenvalue weighted by atomic mass is 32.2. The molecule has 33 heavy (non-hydrogen) atoms. The lowest BCUT2D eigenvalue weighted by molar-refractivity contribution is -0.134. The van der Waals surface area contributed by atoms with Crippen molar-refractivity contribution in [1.29, 1.82) is 0 Å². The molecule has 0 saturated carbocycles. The number of thioether (sulfide) groups is 1. The molecule has 6 nitrogen and oxygen atoms in total. The molecular weight excluding hydrogens is 432 g/mol. The van der Waals surface area contributed by atoms with E-state index in [1.165, 1.54) is 11.8 Å². The normalized spacial score (nSPS) is 18.5. The van der Waals surface area contributed by atoms with E-state index in [0.29, 0.717) is 17.0 Å². The standard InChI is InChI=1S/C26H32N4O2S/c1-17-12-18(2)14-29(13-17)25(32)15-30-23-11-6-5-9-22(23)28-26(30)33-16-24(31)27-21-10-7-8-19(3)20(21)4/h5-11,17-18H,12-16H2,1-4H3,(H,27,31)/t17-,18-/m0/s1. The van der Waals surface area contributed by atoms with Crippen LogP contribution in [0.1, 0.15) is 31.4 Å². The maximum absolute atomic E-state index is 13.2. The Morgan fingerprint density at radius 1 is 1.06 bits per heavy atom. The number of hydrogen-bond acceptors (Lipinski definition) is 4. The number of para-hydroxylation sites is 2. The van der Waals surface area contributed by atoms with Gasteiger partial charge in [0, 0.05) is 18.8 Å². The first-order valence-electron chi connectivity index (χ1n) is 11.5. The van der Waals surface area contributed by atoms with E-state index in [9.17, 15) is 9.59 Å². The number of fused-ring (bicyclic) bond motifs is 1. The van der Waals surface area contributed by atoms with E-state index in [2.05, 4.69) is 19.2 Å². The summed E-state index contributed by atoms with van der Waals surface area (Å²) < 4.78 is 1.96. The molecule has 1 aliphatic heterocycles. The molecule has 3 aromatic rings. The Morgan fingerprint density at radius 3 is 2.55 bits per heavy atom. The second kappa shape index (κ2) is 10.00. The maximum atomic E-state index is 13.2. The van der Waals surface area contributed by atoms with E-state index in [1.807, 2.05) is 65.8 Å². The molecule has 2 amide bonds. The van der Waals surface area contributed by atoms with E-state index in [0.717, 1.165) is 47.4 Å². The van der Waals surface area contributed by atoms with Gasteiger partial charge in [-0.15, -0.1) is 0 Å². The molecule has 2 atom stereocenters. The van der Waals surface area contributed by atoms with Gasteiger partial charge in [-0.2, -0.15) is 0 Å². The fourth-order valence-corrected chi connectivity index (χ4v) is 5.44. The van der Waals surface area contributed by atoms with Crippen LogP contribution in [0.3, 0.4) is 0 Å². The number of nitrogens with zero attached hydrogens (tertiary/aromatic N) is 3. The van der Waals surface area contributed by atoms with Crippen molar-refractivity contribution in [2.24, 2.45) is 11.8 Å². The van der Waals surface area contributed by atoms with Gasteiger partial charge in [0.1, 0.15) is 6.54 Å². The Kier molecular flexibility index (Phi) is 7.08. The van der Waals surface area contributed by atoms with E-state index in [1.54, 1.807) is 0 Å². The van der Waals surface area contributed by atoms with Crippen molar-refractivity contribution in [3.8, 4) is 0 Å². The molecule has 1 saturated heterocycles. The van der Waals surface area contributed by atoms with Gasteiger partial charge in [0.25, 0.3) is 0 Å². The zero-order valence-corrected chi connectivity index (χ0v) is 20.6. The van der Waals surface area contributed by atoms with E-state index < -0.39 is 0 Å². The summed E-state index contributed by atoms with van der Waals surface area (Å²) in [6.07, 6.45) is 1.16. The average Bonchev–Trinajstić information content (AvgIpc) is 3.12. The Labute approximate surface area is 199 Å². The Balaban J connectivity index is 1.49. The number of benzene rings is 2. The van der Waals surface area contributed by atoms with Gasteiger partial charge in [0.05, 0.1) is 16.8 Å². The summed E-state index contributed by atoms with van der Waals surface area (Å²) >= 11 is 1.37. The zero-order valence-electron chi connectivity index (χ0n) is 19.8. The molecule has 0 unspecified atom stereocenters. The molecule has 2 aromatic carbocycles. The number of aromatic nitrogens is 2. The Bertz CT molecular complexity index is 1160. The highest BCUT2D eigenvalue weighted by Gasteiger charge is 2.26. The highest BCUT2D eigenvalue weighted by Crippen LogP contribution is 2.26. The van der Waals surface area contributed by atoms with Crippen LogP contribution < -0.4 is 5.32 Å². The molecular formula is C26H32N4O2S. The smallest absolute Gasteiger partial charge is 0.242 e. The number of imidazole rings is 1. The lowest BCUT2D eigenvalue weighted by Crippen LogP contribution is -2.44. The molecule has 7 heteroatoms. The first kappa shape index (κ1) is 23.4. The number of anilines is 1. The highest BCUT2D eigenvalue weighted by molar-refractivity contribution is 7.99. The minimum absolute atomic E-state index is 0.0858. The van der Waals surface area contributed by atoms with Crippen LogP contribution in [0.4, 0.5) is 5.69 Å². The predicted octanol–water partition coefficient (Wildman–Crippen LogP) is 4.89. The molecule has 174 valence electrons. The minimum atomic E-state index is -0.0858. The summed E-state index contributed by atoms with van der Waals surface area (Å²) in [5, 5.41) is 3.70.